The number of benzene rings is 2. The van der Waals surface area contributed by atoms with Crippen LogP contribution in [-0.2, 0) is 11.3 Å². The quantitative estimate of drug-likeness (QED) is 0.342. The van der Waals surface area contributed by atoms with Crippen LogP contribution < -0.4 is 4.90 Å². The molecule has 0 saturated heterocycles. The van der Waals surface area contributed by atoms with Gasteiger partial charge in [0.2, 0.25) is 0 Å². The number of para-hydroxylation sites is 1. The smallest absolute Gasteiger partial charge is 0.337 e. The summed E-state index contributed by atoms with van der Waals surface area (Å²) >= 11 is 0. The van der Waals surface area contributed by atoms with Crippen molar-refractivity contribution in [3.8, 4) is 11.3 Å². The van der Waals surface area contributed by atoms with Crippen molar-refractivity contribution in [2.75, 3.05) is 18.6 Å². The van der Waals surface area contributed by atoms with E-state index in [1.807, 2.05) is 19.1 Å². The molecule has 0 amide bonds. The summed E-state index contributed by atoms with van der Waals surface area (Å²) in [5.41, 5.74) is 7.77. The molecule has 5 nitrogen and oxygen atoms in total. The Balaban J connectivity index is 1.79. The van der Waals surface area contributed by atoms with Crippen molar-refractivity contribution < 1.29 is 9.53 Å². The molecule has 0 N–H and O–H groups in total. The van der Waals surface area contributed by atoms with Gasteiger partial charge in [-0.3, -0.25) is 4.99 Å². The number of rotatable bonds is 4. The molecule has 1 aliphatic heterocycles. The molecule has 33 heavy (non-hydrogen) atoms. The summed E-state index contributed by atoms with van der Waals surface area (Å²) in [4.78, 5) is 18.7. The van der Waals surface area contributed by atoms with Gasteiger partial charge in [-0.05, 0) is 56.2 Å². The number of nitrogens with zero attached hydrogens (tertiary/aromatic N) is 3. The van der Waals surface area contributed by atoms with Crippen LogP contribution in [0.1, 0.15) is 60.9 Å². The Kier molecular flexibility index (Phi) is 5.79. The molecule has 3 aromatic rings. The Morgan fingerprint density at radius 1 is 1.12 bits per heavy atom. The fourth-order valence-electron chi connectivity index (χ4n) is 5.60. The summed E-state index contributed by atoms with van der Waals surface area (Å²) < 4.78 is 7.45. The summed E-state index contributed by atoms with van der Waals surface area (Å²) in [5.74, 6) is 0.242. The zero-order valence-electron chi connectivity index (χ0n) is 19.5. The molecule has 5 heteroatoms. The van der Waals surface area contributed by atoms with E-state index >= 15 is 0 Å². The van der Waals surface area contributed by atoms with Gasteiger partial charge in [-0.25, -0.2) is 4.79 Å². The maximum atomic E-state index is 12.3. The minimum atomic E-state index is -0.294. The van der Waals surface area contributed by atoms with Crippen molar-refractivity contribution in [1.82, 2.24) is 4.57 Å². The van der Waals surface area contributed by atoms with Gasteiger partial charge in [-0.1, -0.05) is 43.5 Å². The van der Waals surface area contributed by atoms with Crippen LogP contribution in [0.5, 0.6) is 0 Å². The van der Waals surface area contributed by atoms with E-state index in [4.69, 9.17) is 4.74 Å². The maximum Gasteiger partial charge on any atom is 0.337 e. The first-order valence-electron chi connectivity index (χ1n) is 11.9. The van der Waals surface area contributed by atoms with Crippen LogP contribution in [0.2, 0.25) is 0 Å². The number of esters is 1. The Morgan fingerprint density at radius 2 is 1.91 bits per heavy atom. The van der Waals surface area contributed by atoms with Crippen LogP contribution in [0.25, 0.3) is 22.2 Å². The first-order valence-corrected chi connectivity index (χ1v) is 11.9. The second-order valence-corrected chi connectivity index (χ2v) is 9.11. The first-order chi connectivity index (χ1) is 16.1. The number of hydrogen-bond donors (Lipinski definition) is 0. The number of hydrogen-bond acceptors (Lipinski definition) is 4. The van der Waals surface area contributed by atoms with Gasteiger partial charge in [-0.2, -0.15) is 0 Å². The molecule has 0 bridgehead atoms. The average Bonchev–Trinajstić information content (AvgIpc) is 3.10. The van der Waals surface area contributed by atoms with Gasteiger partial charge in [0.25, 0.3) is 0 Å². The summed E-state index contributed by atoms with van der Waals surface area (Å²) in [5, 5.41) is 1.27. The first kappa shape index (κ1) is 21.5. The predicted octanol–water partition coefficient (Wildman–Crippen LogP) is 6.52. The number of carbonyl (C=O) groups is 1. The van der Waals surface area contributed by atoms with Crippen molar-refractivity contribution in [1.29, 1.82) is 0 Å². The topological polar surface area (TPSA) is 46.8 Å². The van der Waals surface area contributed by atoms with E-state index in [1.54, 1.807) is 0 Å². The lowest BCUT2D eigenvalue weighted by molar-refractivity contribution is 0.0601. The standard InChI is InChI=1S/C28H31N3O2/c1-19(29-2)18-30-15-16-31-25-17-21(28(32)33-3)13-14-22(25)26(20-9-5-4-6-10-20)27(31)23-11-7-8-12-24(23)30/h7-8,11-14,17-18,20H,2,4-6,9-10,15-16H2,1,3H3/b19-18-. The summed E-state index contributed by atoms with van der Waals surface area (Å²) in [6, 6.07) is 14.7. The minimum absolute atomic E-state index is 0.294. The van der Waals surface area contributed by atoms with E-state index in [0.717, 1.165) is 24.3 Å². The molecule has 1 saturated carbocycles. The molecule has 0 unspecified atom stereocenters. The van der Waals surface area contributed by atoms with Gasteiger partial charge in [0.1, 0.15) is 0 Å². The monoisotopic (exact) mass is 441 g/mol. The van der Waals surface area contributed by atoms with E-state index in [9.17, 15) is 4.79 Å². The zero-order chi connectivity index (χ0) is 22.9. The Hall–Kier alpha value is -3.34. The number of aliphatic imine (C=N–C) groups is 1. The van der Waals surface area contributed by atoms with Crippen LogP contribution >= 0.6 is 0 Å². The van der Waals surface area contributed by atoms with Crippen LogP contribution in [0.3, 0.4) is 0 Å². The summed E-state index contributed by atoms with van der Waals surface area (Å²) in [6.07, 6.45) is 8.39. The highest BCUT2D eigenvalue weighted by molar-refractivity contribution is 6.00. The Bertz CT molecular complexity index is 1250. The summed E-state index contributed by atoms with van der Waals surface area (Å²) in [6.45, 7) is 7.30. The normalized spacial score (nSPS) is 16.8. The second kappa shape index (κ2) is 8.89. The molecule has 0 radical (unpaired) electrons. The molecule has 170 valence electrons. The summed E-state index contributed by atoms with van der Waals surface area (Å²) in [7, 11) is 1.44. The predicted molar refractivity (Wildman–Crippen MR) is 135 cm³/mol. The van der Waals surface area contributed by atoms with E-state index in [1.165, 1.54) is 67.1 Å². The van der Waals surface area contributed by atoms with Gasteiger partial charge in [0.15, 0.2) is 0 Å². The third-order valence-electron chi connectivity index (χ3n) is 7.16. The van der Waals surface area contributed by atoms with E-state index in [-0.39, 0.29) is 5.97 Å². The fourth-order valence-corrected chi connectivity index (χ4v) is 5.60. The molecule has 1 aliphatic carbocycles. The third kappa shape index (κ3) is 3.75. The van der Waals surface area contributed by atoms with Crippen molar-refractivity contribution in [3.05, 3.63) is 65.5 Å². The highest BCUT2D eigenvalue weighted by Gasteiger charge is 2.30. The molecule has 5 rings (SSSR count). The Labute approximate surface area is 195 Å². The van der Waals surface area contributed by atoms with Crippen molar-refractivity contribution >= 4 is 29.3 Å². The van der Waals surface area contributed by atoms with Crippen LogP contribution in [0.15, 0.2) is 59.4 Å². The lowest BCUT2D eigenvalue weighted by Crippen LogP contribution is -2.20. The molecular formula is C28H31N3O2. The highest BCUT2D eigenvalue weighted by Crippen LogP contribution is 2.47. The van der Waals surface area contributed by atoms with Gasteiger partial charge < -0.3 is 14.2 Å². The lowest BCUT2D eigenvalue weighted by Gasteiger charge is -2.24. The average molecular weight is 442 g/mol. The fraction of sp³-hybridized carbons (Fsp3) is 0.357. The van der Waals surface area contributed by atoms with Crippen LogP contribution in [-0.4, -0.2) is 30.9 Å². The lowest BCUT2D eigenvalue weighted by atomic mass is 9.81. The highest BCUT2D eigenvalue weighted by atomic mass is 16.5. The molecule has 2 heterocycles. The number of allylic oxidation sites excluding steroid dienone is 1. The minimum Gasteiger partial charge on any atom is -0.465 e. The largest absolute Gasteiger partial charge is 0.465 e. The second-order valence-electron chi connectivity index (χ2n) is 9.11. The van der Waals surface area contributed by atoms with Crippen LogP contribution in [0, 0.1) is 0 Å². The Morgan fingerprint density at radius 3 is 2.67 bits per heavy atom. The van der Waals surface area contributed by atoms with Crippen LogP contribution in [0.4, 0.5) is 5.69 Å². The van der Waals surface area contributed by atoms with Gasteiger partial charge >= 0.3 is 5.97 Å². The van der Waals surface area contributed by atoms with Crippen molar-refractivity contribution in [3.63, 3.8) is 0 Å². The number of fused-ring (bicyclic) bond motifs is 5. The van der Waals surface area contributed by atoms with Gasteiger partial charge in [0, 0.05) is 35.8 Å². The van der Waals surface area contributed by atoms with E-state index in [0.29, 0.717) is 11.5 Å². The number of methoxy groups -OCH3 is 1. The zero-order valence-corrected chi connectivity index (χ0v) is 19.5. The van der Waals surface area contributed by atoms with Gasteiger partial charge in [0.05, 0.1) is 29.8 Å². The molecule has 0 atom stereocenters. The van der Waals surface area contributed by atoms with E-state index in [2.05, 4.69) is 57.7 Å². The molecule has 2 aromatic carbocycles. The molecule has 0 spiro atoms. The van der Waals surface area contributed by atoms with E-state index < -0.39 is 0 Å². The van der Waals surface area contributed by atoms with Crippen molar-refractivity contribution in [2.45, 2.75) is 51.5 Å². The maximum absolute atomic E-state index is 12.3. The van der Waals surface area contributed by atoms with Crippen molar-refractivity contribution in [2.24, 2.45) is 4.99 Å². The third-order valence-corrected chi connectivity index (χ3v) is 7.16. The SMILES string of the molecule is C=N/C(C)=C\N1CCn2c(c(C3CCCCC3)c3ccc(C(=O)OC)cc32)-c2ccccc21. The number of aromatic nitrogens is 1. The van der Waals surface area contributed by atoms with Gasteiger partial charge in [-0.15, -0.1) is 0 Å². The molecular weight excluding hydrogens is 410 g/mol. The molecule has 1 aromatic heterocycles. The molecule has 1 fully saturated rings. The number of carbonyl (C=O) groups excluding carboxylic acids is 1. The number of anilines is 1. The molecule has 2 aliphatic rings. The number of ether oxygens (including phenoxy) is 1.